The number of carboxylic acids is 1. The first kappa shape index (κ1) is 26.8. The molecule has 0 aliphatic heterocycles. The fourth-order valence-electron chi connectivity index (χ4n) is 6.18. The predicted molar refractivity (Wildman–Crippen MR) is 165 cm³/mol. The average Bonchev–Trinajstić information content (AvgIpc) is 3.41. The van der Waals surface area contributed by atoms with Crippen molar-refractivity contribution in [2.45, 2.75) is 44.8 Å². The zero-order chi connectivity index (χ0) is 29.2. The topological polar surface area (TPSA) is 103 Å². The Kier molecular flexibility index (Phi) is 7.25. The Morgan fingerprint density at radius 1 is 0.860 bits per heavy atom. The summed E-state index contributed by atoms with van der Waals surface area (Å²) in [5.41, 5.74) is 6.65. The number of rotatable bonds is 8. The van der Waals surface area contributed by atoms with E-state index in [2.05, 4.69) is 44.9 Å². The van der Waals surface area contributed by atoms with Gasteiger partial charge in [0, 0.05) is 41.9 Å². The lowest BCUT2D eigenvalue weighted by atomic mass is 9.78. The number of benzene rings is 3. The lowest BCUT2D eigenvalue weighted by molar-refractivity contribution is -0.143. The summed E-state index contributed by atoms with van der Waals surface area (Å²) >= 11 is 0. The molecule has 0 amide bonds. The summed E-state index contributed by atoms with van der Waals surface area (Å²) in [6.45, 7) is 0.924. The molecule has 7 rings (SSSR count). The number of pyridine rings is 1. The van der Waals surface area contributed by atoms with Crippen molar-refractivity contribution >= 4 is 27.9 Å². The van der Waals surface area contributed by atoms with E-state index in [1.54, 1.807) is 12.4 Å². The van der Waals surface area contributed by atoms with E-state index in [1.807, 2.05) is 48.5 Å². The van der Waals surface area contributed by atoms with Gasteiger partial charge >= 0.3 is 5.97 Å². The van der Waals surface area contributed by atoms with E-state index < -0.39 is 11.9 Å². The number of aliphatic carboxylic acids is 1. The molecule has 8 heteroatoms. The molecule has 1 aliphatic rings. The van der Waals surface area contributed by atoms with Crippen LogP contribution < -0.4 is 4.74 Å². The Hall–Kier alpha value is -5.11. The van der Waals surface area contributed by atoms with E-state index in [1.165, 1.54) is 6.33 Å². The van der Waals surface area contributed by atoms with Crippen molar-refractivity contribution in [2.75, 3.05) is 0 Å². The Morgan fingerprint density at radius 3 is 2.51 bits per heavy atom. The van der Waals surface area contributed by atoms with Crippen molar-refractivity contribution in [3.05, 3.63) is 115 Å². The quantitative estimate of drug-likeness (QED) is 0.210. The van der Waals surface area contributed by atoms with Crippen LogP contribution in [0.2, 0.25) is 0 Å². The third-order valence-corrected chi connectivity index (χ3v) is 8.40. The normalized spacial score (nSPS) is 16.8. The van der Waals surface area contributed by atoms with Crippen LogP contribution in [0.15, 0.2) is 97.6 Å². The smallest absolute Gasteiger partial charge is 0.307 e. The number of hydrogen-bond acceptors (Lipinski definition) is 6. The van der Waals surface area contributed by atoms with E-state index >= 15 is 0 Å². The third-order valence-electron chi connectivity index (χ3n) is 8.40. The number of carbonyl (C=O) groups is 1. The van der Waals surface area contributed by atoms with Gasteiger partial charge in [0.1, 0.15) is 24.5 Å². The van der Waals surface area contributed by atoms with E-state index in [-0.39, 0.29) is 5.92 Å². The molecule has 1 saturated carbocycles. The van der Waals surface area contributed by atoms with Crippen molar-refractivity contribution in [3.63, 3.8) is 0 Å². The van der Waals surface area contributed by atoms with Crippen LogP contribution in [0.4, 0.5) is 0 Å². The molecule has 8 nitrogen and oxygen atoms in total. The second-order valence-corrected chi connectivity index (χ2v) is 11.2. The Bertz CT molecular complexity index is 1900. The van der Waals surface area contributed by atoms with Gasteiger partial charge in [-0.15, -0.1) is 0 Å². The fraction of sp³-hybridized carbons (Fsp3) is 0.229. The number of nitrogens with zero attached hydrogens (tertiary/aromatic N) is 5. The van der Waals surface area contributed by atoms with Gasteiger partial charge < -0.3 is 14.4 Å². The molecule has 1 N–H and O–H groups in total. The van der Waals surface area contributed by atoms with Crippen molar-refractivity contribution < 1.29 is 14.6 Å². The van der Waals surface area contributed by atoms with Crippen LogP contribution in [0.1, 0.15) is 48.7 Å². The molecule has 0 radical (unpaired) electrons. The van der Waals surface area contributed by atoms with Gasteiger partial charge in [-0.2, -0.15) is 0 Å². The van der Waals surface area contributed by atoms with Crippen LogP contribution in [-0.2, 0) is 17.9 Å². The van der Waals surface area contributed by atoms with Crippen molar-refractivity contribution in [1.29, 1.82) is 0 Å². The average molecular weight is 570 g/mol. The maximum absolute atomic E-state index is 12.3. The molecule has 3 heterocycles. The number of aromatic nitrogens is 5. The van der Waals surface area contributed by atoms with Crippen molar-refractivity contribution in [3.8, 4) is 16.9 Å². The predicted octanol–water partition coefficient (Wildman–Crippen LogP) is 7.03. The molecule has 0 spiro atoms. The molecule has 214 valence electrons. The maximum Gasteiger partial charge on any atom is 0.307 e. The number of hydrogen-bond donors (Lipinski definition) is 1. The molecular formula is C35H31N5O3. The van der Waals surface area contributed by atoms with Gasteiger partial charge in [-0.05, 0) is 48.2 Å². The highest BCUT2D eigenvalue weighted by Crippen LogP contribution is 2.39. The van der Waals surface area contributed by atoms with Crippen LogP contribution in [0.5, 0.6) is 5.75 Å². The molecule has 1 aliphatic carbocycles. The number of imidazole rings is 1. The molecule has 0 bridgehead atoms. The SMILES string of the molecule is O=C(O)C1CCCC[C@H]1c1nc2cc(OCc3ccc4ccccc4n3)ccc2n1Cc1ccc(-c2cncnc2)cc1. The van der Waals surface area contributed by atoms with Crippen LogP contribution in [0, 0.1) is 5.92 Å². The zero-order valence-electron chi connectivity index (χ0n) is 23.6. The molecule has 2 atom stereocenters. The summed E-state index contributed by atoms with van der Waals surface area (Å²) < 4.78 is 8.35. The first-order chi connectivity index (χ1) is 21.1. The Labute approximate surface area is 249 Å². The van der Waals surface area contributed by atoms with Crippen LogP contribution in [0.25, 0.3) is 33.1 Å². The molecule has 43 heavy (non-hydrogen) atoms. The third kappa shape index (κ3) is 5.56. The van der Waals surface area contributed by atoms with Gasteiger partial charge in [0.15, 0.2) is 0 Å². The Morgan fingerprint density at radius 2 is 1.67 bits per heavy atom. The van der Waals surface area contributed by atoms with Crippen molar-refractivity contribution in [1.82, 2.24) is 24.5 Å². The molecule has 6 aromatic rings. The van der Waals surface area contributed by atoms with Gasteiger partial charge in [0.25, 0.3) is 0 Å². The molecule has 3 aromatic heterocycles. The van der Waals surface area contributed by atoms with Crippen LogP contribution in [0.3, 0.4) is 0 Å². The number of ether oxygens (including phenoxy) is 1. The monoisotopic (exact) mass is 569 g/mol. The van der Waals surface area contributed by atoms with E-state index in [0.29, 0.717) is 25.3 Å². The summed E-state index contributed by atoms with van der Waals surface area (Å²) in [6.07, 6.45) is 8.53. The van der Waals surface area contributed by atoms with Gasteiger partial charge in [-0.25, -0.2) is 19.9 Å². The summed E-state index contributed by atoms with van der Waals surface area (Å²) in [6, 6.07) is 26.3. The van der Waals surface area contributed by atoms with Crippen LogP contribution in [-0.4, -0.2) is 35.6 Å². The van der Waals surface area contributed by atoms with Crippen molar-refractivity contribution in [2.24, 2.45) is 5.92 Å². The number of para-hydroxylation sites is 1. The minimum atomic E-state index is -0.746. The standard InChI is InChI=1S/C35H31N5O3/c41-35(42)30-7-3-2-6-29(30)34-39-32-17-28(43-21-27-14-13-25-5-1-4-8-31(25)38-27)15-16-33(32)40(34)20-23-9-11-24(12-10-23)26-18-36-22-37-19-26/h1,4-5,8-19,22,29-30H,2-3,6-7,20-21H2,(H,41,42)/t29-,30?/m1/s1. The lowest BCUT2D eigenvalue weighted by Crippen LogP contribution is -2.27. The summed E-state index contributed by atoms with van der Waals surface area (Å²) in [5, 5.41) is 11.2. The van der Waals surface area contributed by atoms with E-state index in [0.717, 1.165) is 69.4 Å². The second-order valence-electron chi connectivity index (χ2n) is 11.2. The summed E-state index contributed by atoms with van der Waals surface area (Å²) in [7, 11) is 0. The largest absolute Gasteiger partial charge is 0.487 e. The summed E-state index contributed by atoms with van der Waals surface area (Å²) in [4.78, 5) is 30.3. The molecular weight excluding hydrogens is 538 g/mol. The fourth-order valence-corrected chi connectivity index (χ4v) is 6.18. The number of fused-ring (bicyclic) bond motifs is 2. The zero-order valence-corrected chi connectivity index (χ0v) is 23.6. The molecule has 3 aromatic carbocycles. The van der Waals surface area contributed by atoms with Gasteiger partial charge in [-0.1, -0.05) is 61.4 Å². The lowest BCUT2D eigenvalue weighted by Gasteiger charge is -2.28. The molecule has 0 saturated heterocycles. The van der Waals surface area contributed by atoms with Crippen LogP contribution >= 0.6 is 0 Å². The second kappa shape index (κ2) is 11.6. The van der Waals surface area contributed by atoms with Gasteiger partial charge in [0.05, 0.1) is 28.2 Å². The maximum atomic E-state index is 12.3. The van der Waals surface area contributed by atoms with E-state index in [9.17, 15) is 9.90 Å². The number of carboxylic acid groups (broad SMARTS) is 1. The first-order valence-electron chi connectivity index (χ1n) is 14.7. The minimum absolute atomic E-state index is 0.148. The van der Waals surface area contributed by atoms with Gasteiger partial charge in [-0.3, -0.25) is 4.79 Å². The van der Waals surface area contributed by atoms with E-state index in [4.69, 9.17) is 14.7 Å². The highest BCUT2D eigenvalue weighted by molar-refractivity contribution is 5.79. The highest BCUT2D eigenvalue weighted by atomic mass is 16.5. The summed E-state index contributed by atoms with van der Waals surface area (Å²) in [5.74, 6) is 0.192. The first-order valence-corrected chi connectivity index (χ1v) is 14.7. The highest BCUT2D eigenvalue weighted by Gasteiger charge is 2.35. The van der Waals surface area contributed by atoms with Gasteiger partial charge in [0.2, 0.25) is 0 Å². The molecule has 1 fully saturated rings. The minimum Gasteiger partial charge on any atom is -0.487 e. The molecule has 1 unspecified atom stereocenters. The Balaban J connectivity index is 1.20.